The highest BCUT2D eigenvalue weighted by Crippen LogP contribution is 2.44. The number of allylic oxidation sites excluding steroid dienone is 1. The number of pyridine rings is 4. The molecule has 5 aromatic heterocycles. The number of benzene rings is 4. The Hall–Kier alpha value is -6.72. The number of rotatable bonds is 5. The molecule has 9 aromatic rings. The average Bonchev–Trinajstić information content (AvgIpc) is 3.57. The van der Waals surface area contributed by atoms with Gasteiger partial charge in [0.05, 0.1) is 45.0 Å². The number of aromatic nitrogens is 5. The minimum atomic E-state index is 0.822. The van der Waals surface area contributed by atoms with Gasteiger partial charge in [-0.1, -0.05) is 91.0 Å². The maximum atomic E-state index is 5.49. The summed E-state index contributed by atoms with van der Waals surface area (Å²) in [5.41, 5.74) is 14.6. The Kier molecular flexibility index (Phi) is 6.88. The monoisotopic (exact) mass is 653 g/mol. The van der Waals surface area contributed by atoms with E-state index in [1.165, 1.54) is 33.0 Å². The fraction of sp³-hybridized carbons (Fsp3) is 0.0435. The molecule has 0 saturated heterocycles. The van der Waals surface area contributed by atoms with Crippen molar-refractivity contribution in [1.82, 2.24) is 24.5 Å². The number of nitrogens with zero attached hydrogens (tertiary/aromatic N) is 5. The van der Waals surface area contributed by atoms with E-state index in [9.17, 15) is 0 Å². The smallest absolute Gasteiger partial charge is 0.0962 e. The fourth-order valence-corrected chi connectivity index (χ4v) is 7.73. The second-order valence-corrected chi connectivity index (χ2v) is 12.9. The minimum absolute atomic E-state index is 0.822. The van der Waals surface area contributed by atoms with E-state index in [-0.39, 0.29) is 0 Å². The van der Waals surface area contributed by atoms with E-state index in [4.69, 9.17) is 9.97 Å². The van der Waals surface area contributed by atoms with Crippen LogP contribution in [0.3, 0.4) is 0 Å². The number of hydrogen-bond acceptors (Lipinski definition) is 4. The lowest BCUT2D eigenvalue weighted by atomic mass is 9.85. The third kappa shape index (κ3) is 4.85. The van der Waals surface area contributed by atoms with Crippen LogP contribution in [-0.2, 0) is 6.42 Å². The van der Waals surface area contributed by atoms with Gasteiger partial charge >= 0.3 is 0 Å². The van der Waals surface area contributed by atoms with Gasteiger partial charge in [0.25, 0.3) is 0 Å². The Morgan fingerprint density at radius 2 is 1.22 bits per heavy atom. The summed E-state index contributed by atoms with van der Waals surface area (Å²) >= 11 is 0. The Labute approximate surface area is 295 Å². The van der Waals surface area contributed by atoms with Gasteiger partial charge in [0.2, 0.25) is 0 Å². The predicted molar refractivity (Wildman–Crippen MR) is 209 cm³/mol. The molecule has 51 heavy (non-hydrogen) atoms. The molecule has 10 rings (SSSR count). The standard InChI is InChI=1S/C46H31N5/c1-2-14-31(15-3-1)51-43-23-9-7-19-37(43)44-36-18-6-8-20-38(36)50-45(46(44)51)35-25-24-32(33-16-4-5-17-34(33)35)30-28-41(39-21-10-12-26-47-39)49-42(29-30)40-22-11-13-27-48-40/h1-3,5-15,17-29H,4,16H2. The number of para-hydroxylation sites is 3. The summed E-state index contributed by atoms with van der Waals surface area (Å²) in [6.07, 6.45) is 10.1. The van der Waals surface area contributed by atoms with Crippen LogP contribution in [0, 0.1) is 0 Å². The van der Waals surface area contributed by atoms with Crippen LogP contribution in [0.4, 0.5) is 0 Å². The topological polar surface area (TPSA) is 56.5 Å². The number of fused-ring (bicyclic) bond motifs is 6. The van der Waals surface area contributed by atoms with Crippen molar-refractivity contribution in [3.8, 4) is 50.8 Å². The molecule has 0 amide bonds. The first-order chi connectivity index (χ1) is 25.3. The van der Waals surface area contributed by atoms with E-state index in [0.29, 0.717) is 0 Å². The summed E-state index contributed by atoms with van der Waals surface area (Å²) in [6.45, 7) is 0. The first-order valence-electron chi connectivity index (χ1n) is 17.4. The van der Waals surface area contributed by atoms with E-state index in [1.54, 1.807) is 0 Å². The third-order valence-corrected chi connectivity index (χ3v) is 9.97. The van der Waals surface area contributed by atoms with Gasteiger partial charge in [0, 0.05) is 39.8 Å². The molecule has 240 valence electrons. The molecule has 5 nitrogen and oxygen atoms in total. The van der Waals surface area contributed by atoms with Crippen LogP contribution in [-0.4, -0.2) is 24.5 Å². The highest BCUT2D eigenvalue weighted by Gasteiger charge is 2.24. The predicted octanol–water partition coefficient (Wildman–Crippen LogP) is 11.1. The zero-order valence-electron chi connectivity index (χ0n) is 27.7. The first kappa shape index (κ1) is 29.2. The SMILES string of the molecule is C1=Cc2c(-c3nc4ccccc4c4c5ccccc5n(-c5ccccc5)c34)ccc(-c3cc(-c4ccccn4)nc(-c4ccccn4)c3)c2CC1. The van der Waals surface area contributed by atoms with Crippen molar-refractivity contribution < 1.29 is 0 Å². The summed E-state index contributed by atoms with van der Waals surface area (Å²) in [5.74, 6) is 0. The van der Waals surface area contributed by atoms with Crippen LogP contribution in [0.25, 0.3) is 89.6 Å². The van der Waals surface area contributed by atoms with Crippen LogP contribution in [0.1, 0.15) is 17.5 Å². The summed E-state index contributed by atoms with van der Waals surface area (Å²) < 4.78 is 2.40. The minimum Gasteiger partial charge on any atom is -0.307 e. The molecule has 5 heteroatoms. The summed E-state index contributed by atoms with van der Waals surface area (Å²) in [6, 6.07) is 48.7. The Morgan fingerprint density at radius 3 is 1.96 bits per heavy atom. The van der Waals surface area contributed by atoms with Gasteiger partial charge in [0.1, 0.15) is 0 Å². The molecule has 0 saturated carbocycles. The normalized spacial score (nSPS) is 12.5. The van der Waals surface area contributed by atoms with Crippen molar-refractivity contribution in [3.63, 3.8) is 0 Å². The fourth-order valence-electron chi connectivity index (χ4n) is 7.73. The molecule has 0 spiro atoms. The second kappa shape index (κ2) is 12.0. The van der Waals surface area contributed by atoms with Crippen molar-refractivity contribution in [2.75, 3.05) is 0 Å². The lowest BCUT2D eigenvalue weighted by Crippen LogP contribution is -2.04. The number of hydrogen-bond donors (Lipinski definition) is 0. The molecule has 4 aromatic carbocycles. The molecule has 5 heterocycles. The molecule has 0 atom stereocenters. The largest absolute Gasteiger partial charge is 0.307 e. The van der Waals surface area contributed by atoms with Crippen LogP contribution in [0.2, 0.25) is 0 Å². The molecule has 1 aliphatic rings. The average molecular weight is 654 g/mol. The molecule has 1 aliphatic carbocycles. The van der Waals surface area contributed by atoms with Gasteiger partial charge < -0.3 is 4.57 Å². The Bertz CT molecular complexity index is 2730. The molecule has 0 bridgehead atoms. The van der Waals surface area contributed by atoms with Crippen LogP contribution < -0.4 is 0 Å². The van der Waals surface area contributed by atoms with Gasteiger partial charge in [-0.05, 0) is 95.8 Å². The maximum absolute atomic E-state index is 5.49. The van der Waals surface area contributed by atoms with Gasteiger partial charge in [-0.3, -0.25) is 9.97 Å². The molecule has 0 fully saturated rings. The second-order valence-electron chi connectivity index (χ2n) is 12.9. The zero-order valence-corrected chi connectivity index (χ0v) is 27.7. The molecular weight excluding hydrogens is 623 g/mol. The van der Waals surface area contributed by atoms with Crippen molar-refractivity contribution in [3.05, 3.63) is 169 Å². The van der Waals surface area contributed by atoms with E-state index in [1.807, 2.05) is 48.8 Å². The zero-order chi connectivity index (χ0) is 33.7. The maximum Gasteiger partial charge on any atom is 0.0962 e. The van der Waals surface area contributed by atoms with E-state index >= 15 is 0 Å². The highest BCUT2D eigenvalue weighted by atomic mass is 15.0. The summed E-state index contributed by atoms with van der Waals surface area (Å²) in [7, 11) is 0. The Morgan fingerprint density at radius 1 is 0.549 bits per heavy atom. The van der Waals surface area contributed by atoms with Crippen molar-refractivity contribution in [2.45, 2.75) is 12.8 Å². The van der Waals surface area contributed by atoms with Gasteiger partial charge in [0.15, 0.2) is 0 Å². The molecule has 0 radical (unpaired) electrons. The van der Waals surface area contributed by atoms with Crippen molar-refractivity contribution >= 4 is 38.8 Å². The molecule has 0 aliphatic heterocycles. The third-order valence-electron chi connectivity index (χ3n) is 9.97. The van der Waals surface area contributed by atoms with Crippen LogP contribution in [0.5, 0.6) is 0 Å². The van der Waals surface area contributed by atoms with Crippen molar-refractivity contribution in [2.24, 2.45) is 0 Å². The van der Waals surface area contributed by atoms with Crippen molar-refractivity contribution in [1.29, 1.82) is 0 Å². The highest BCUT2D eigenvalue weighted by molar-refractivity contribution is 6.23. The van der Waals surface area contributed by atoms with Gasteiger partial charge in [-0.2, -0.15) is 0 Å². The van der Waals surface area contributed by atoms with E-state index < -0.39 is 0 Å². The van der Waals surface area contributed by atoms with E-state index in [0.717, 1.165) is 74.5 Å². The van der Waals surface area contributed by atoms with E-state index in [2.05, 4.69) is 130 Å². The van der Waals surface area contributed by atoms with Gasteiger partial charge in [-0.15, -0.1) is 0 Å². The van der Waals surface area contributed by atoms with Gasteiger partial charge in [-0.25, -0.2) is 9.97 Å². The molecule has 0 N–H and O–H groups in total. The van der Waals surface area contributed by atoms with Crippen LogP contribution in [0.15, 0.2) is 158 Å². The summed E-state index contributed by atoms with van der Waals surface area (Å²) in [4.78, 5) is 19.9. The molecule has 0 unspecified atom stereocenters. The first-order valence-corrected chi connectivity index (χ1v) is 17.4. The lowest BCUT2D eigenvalue weighted by Gasteiger charge is -2.21. The van der Waals surface area contributed by atoms with Crippen LogP contribution >= 0.6 is 0 Å². The molecular formula is C46H31N5. The lowest BCUT2D eigenvalue weighted by molar-refractivity contribution is 0.988. The quantitative estimate of drug-likeness (QED) is 0.185. The summed E-state index contributed by atoms with van der Waals surface area (Å²) in [5, 5.41) is 3.60. The Balaban J connectivity index is 1.26.